The van der Waals surface area contributed by atoms with E-state index in [2.05, 4.69) is 4.90 Å². The second-order valence-electron chi connectivity index (χ2n) is 8.18. The highest BCUT2D eigenvalue weighted by atomic mass is 35.5. The summed E-state index contributed by atoms with van der Waals surface area (Å²) < 4.78 is 5.47. The molecule has 6 nitrogen and oxygen atoms in total. The molecule has 162 valence electrons. The molecule has 2 atom stereocenters. The molecule has 3 aliphatic heterocycles. The average Bonchev–Trinajstić information content (AvgIpc) is 3.16. The summed E-state index contributed by atoms with van der Waals surface area (Å²) in [7, 11) is 0. The predicted octanol–water partition coefficient (Wildman–Crippen LogP) is 3.61. The summed E-state index contributed by atoms with van der Waals surface area (Å²) in [5.41, 5.74) is 3.49. The molecule has 0 saturated carbocycles. The zero-order valence-electron chi connectivity index (χ0n) is 17.5. The van der Waals surface area contributed by atoms with Crippen molar-refractivity contribution in [3.8, 4) is 0 Å². The molecule has 8 heteroatoms. The van der Waals surface area contributed by atoms with Crippen molar-refractivity contribution < 1.29 is 14.3 Å². The minimum absolute atomic E-state index is 0.0682. The summed E-state index contributed by atoms with van der Waals surface area (Å²) in [6.07, 6.45) is 0. The number of amides is 2. The van der Waals surface area contributed by atoms with Crippen LogP contribution in [0.2, 0.25) is 5.02 Å². The number of morpholine rings is 1. The minimum Gasteiger partial charge on any atom is -0.379 e. The molecule has 5 rings (SSSR count). The molecular formula is C23H24ClN3O3S. The number of nitrogens with zero attached hydrogens (tertiary/aromatic N) is 3. The van der Waals surface area contributed by atoms with Gasteiger partial charge in [0.2, 0.25) is 10.8 Å². The smallest absolute Gasteiger partial charge is 0.269 e. The van der Waals surface area contributed by atoms with Gasteiger partial charge in [-0.05, 0) is 44.2 Å². The number of anilines is 2. The standard InChI is InChI=1S/C23H24ClN3O3S/c1-15-3-8-20-19(13-15)23(22(29)26(20)14-25-9-11-30-12-10-25)27(21(28)16(2)31-23)18-6-4-17(24)5-7-18/h3-8,13,16H,9-12,14H2,1-2H3/t16-,23-/m0/s1. The van der Waals surface area contributed by atoms with Crippen LogP contribution < -0.4 is 9.80 Å². The lowest BCUT2D eigenvalue weighted by Gasteiger charge is -2.35. The van der Waals surface area contributed by atoms with E-state index >= 15 is 0 Å². The Morgan fingerprint density at radius 2 is 1.84 bits per heavy atom. The van der Waals surface area contributed by atoms with E-state index < -0.39 is 4.87 Å². The molecule has 2 saturated heterocycles. The molecule has 3 heterocycles. The van der Waals surface area contributed by atoms with Gasteiger partial charge in [0.1, 0.15) is 0 Å². The van der Waals surface area contributed by atoms with Gasteiger partial charge < -0.3 is 4.74 Å². The molecule has 0 aliphatic carbocycles. The van der Waals surface area contributed by atoms with Crippen molar-refractivity contribution in [3.63, 3.8) is 0 Å². The van der Waals surface area contributed by atoms with Crippen molar-refractivity contribution in [3.05, 3.63) is 58.6 Å². The fraction of sp³-hybridized carbons (Fsp3) is 0.391. The van der Waals surface area contributed by atoms with Crippen LogP contribution in [0.1, 0.15) is 18.1 Å². The molecule has 0 N–H and O–H groups in total. The second-order valence-corrected chi connectivity index (χ2v) is 10.1. The first-order chi connectivity index (χ1) is 14.9. The van der Waals surface area contributed by atoms with Crippen LogP contribution in [0.5, 0.6) is 0 Å². The molecule has 1 spiro atoms. The van der Waals surface area contributed by atoms with Gasteiger partial charge in [-0.1, -0.05) is 29.3 Å². The molecule has 2 aromatic rings. The Balaban J connectivity index is 1.64. The number of benzene rings is 2. The number of thioether (sulfide) groups is 1. The number of carbonyl (C=O) groups excluding carboxylic acids is 2. The van der Waals surface area contributed by atoms with Crippen LogP contribution in [0.4, 0.5) is 11.4 Å². The van der Waals surface area contributed by atoms with Crippen molar-refractivity contribution in [2.45, 2.75) is 24.0 Å². The normalized spacial score (nSPS) is 26.2. The van der Waals surface area contributed by atoms with Crippen LogP contribution in [0.15, 0.2) is 42.5 Å². The van der Waals surface area contributed by atoms with Gasteiger partial charge in [0, 0.05) is 29.4 Å². The first-order valence-electron chi connectivity index (χ1n) is 10.4. The minimum atomic E-state index is -1.11. The third-order valence-corrected chi connectivity index (χ3v) is 7.83. The quantitative estimate of drug-likeness (QED) is 0.704. The van der Waals surface area contributed by atoms with Gasteiger partial charge in [0.25, 0.3) is 5.91 Å². The summed E-state index contributed by atoms with van der Waals surface area (Å²) >= 11 is 7.52. The molecule has 2 fully saturated rings. The van der Waals surface area contributed by atoms with E-state index in [4.69, 9.17) is 16.3 Å². The fourth-order valence-electron chi connectivity index (χ4n) is 4.57. The first-order valence-corrected chi connectivity index (χ1v) is 11.7. The maximum absolute atomic E-state index is 14.1. The topological polar surface area (TPSA) is 53.1 Å². The van der Waals surface area contributed by atoms with Crippen LogP contribution in [0, 0.1) is 6.92 Å². The Morgan fingerprint density at radius 1 is 1.13 bits per heavy atom. The average molecular weight is 458 g/mol. The van der Waals surface area contributed by atoms with Gasteiger partial charge in [-0.25, -0.2) is 0 Å². The van der Waals surface area contributed by atoms with Crippen LogP contribution >= 0.6 is 23.4 Å². The Kier molecular flexibility index (Phi) is 5.25. The van der Waals surface area contributed by atoms with Crippen LogP contribution in [0.25, 0.3) is 0 Å². The molecule has 2 amide bonds. The molecule has 0 aromatic heterocycles. The maximum Gasteiger partial charge on any atom is 0.269 e. The second kappa shape index (κ2) is 7.81. The predicted molar refractivity (Wildman–Crippen MR) is 124 cm³/mol. The molecule has 2 aromatic carbocycles. The van der Waals surface area contributed by atoms with Crippen molar-refractivity contribution in [1.29, 1.82) is 0 Å². The van der Waals surface area contributed by atoms with E-state index in [0.717, 1.165) is 29.9 Å². The lowest BCUT2D eigenvalue weighted by Crippen LogP contribution is -2.52. The Bertz CT molecular complexity index is 1040. The summed E-state index contributed by atoms with van der Waals surface area (Å²) in [4.78, 5) is 32.1. The van der Waals surface area contributed by atoms with Gasteiger partial charge in [0.15, 0.2) is 0 Å². The van der Waals surface area contributed by atoms with Crippen LogP contribution in [-0.4, -0.2) is 54.9 Å². The number of aryl methyl sites for hydroxylation is 1. The van der Waals surface area contributed by atoms with Crippen molar-refractivity contribution in [2.24, 2.45) is 0 Å². The van der Waals surface area contributed by atoms with E-state index in [1.807, 2.05) is 49.1 Å². The highest BCUT2D eigenvalue weighted by Gasteiger charge is 2.63. The van der Waals surface area contributed by atoms with E-state index in [9.17, 15) is 9.59 Å². The highest BCUT2D eigenvalue weighted by molar-refractivity contribution is 8.03. The van der Waals surface area contributed by atoms with Gasteiger partial charge in [0.05, 0.1) is 30.8 Å². The van der Waals surface area contributed by atoms with Crippen LogP contribution in [0.3, 0.4) is 0 Å². The summed E-state index contributed by atoms with van der Waals surface area (Å²) in [5, 5.41) is 0.254. The Labute approximate surface area is 191 Å². The molecule has 0 bridgehead atoms. The highest BCUT2D eigenvalue weighted by Crippen LogP contribution is 2.58. The third kappa shape index (κ3) is 3.26. The number of carbonyl (C=O) groups is 2. The molecule has 0 unspecified atom stereocenters. The number of rotatable bonds is 3. The summed E-state index contributed by atoms with van der Waals surface area (Å²) in [6, 6.07) is 13.2. The lowest BCUT2D eigenvalue weighted by atomic mass is 10.0. The fourth-order valence-corrected chi connectivity index (χ4v) is 6.22. The SMILES string of the molecule is Cc1ccc2c(c1)[C@]1(S[C@@H](C)C(=O)N1c1ccc(Cl)cc1)C(=O)N2CN1CCOCC1. The number of fused-ring (bicyclic) bond motifs is 2. The molecular weight excluding hydrogens is 434 g/mol. The van der Waals surface area contributed by atoms with Gasteiger partial charge in [-0.3, -0.25) is 24.3 Å². The van der Waals surface area contributed by atoms with E-state index in [1.165, 1.54) is 11.8 Å². The van der Waals surface area contributed by atoms with Gasteiger partial charge in [-0.15, -0.1) is 11.8 Å². The maximum atomic E-state index is 14.1. The van der Waals surface area contributed by atoms with E-state index in [1.54, 1.807) is 17.0 Å². The number of halogens is 1. The zero-order valence-corrected chi connectivity index (χ0v) is 19.1. The van der Waals surface area contributed by atoms with Crippen molar-refractivity contribution >= 4 is 46.6 Å². The summed E-state index contributed by atoms with van der Waals surface area (Å²) in [5.74, 6) is -0.140. The molecule has 0 radical (unpaired) electrons. The largest absolute Gasteiger partial charge is 0.379 e. The van der Waals surface area contributed by atoms with E-state index in [-0.39, 0.29) is 17.1 Å². The number of hydrogen-bond donors (Lipinski definition) is 0. The van der Waals surface area contributed by atoms with Gasteiger partial charge in [-0.2, -0.15) is 0 Å². The Morgan fingerprint density at radius 3 is 2.55 bits per heavy atom. The number of ether oxygens (including phenoxy) is 1. The molecule has 31 heavy (non-hydrogen) atoms. The third-order valence-electron chi connectivity index (χ3n) is 6.10. The van der Waals surface area contributed by atoms with E-state index in [0.29, 0.717) is 30.6 Å². The lowest BCUT2D eigenvalue weighted by molar-refractivity contribution is -0.124. The van der Waals surface area contributed by atoms with Crippen molar-refractivity contribution in [2.75, 3.05) is 42.8 Å². The van der Waals surface area contributed by atoms with Crippen LogP contribution in [-0.2, 0) is 19.2 Å². The Hall–Kier alpha value is -2.06. The van der Waals surface area contributed by atoms with Gasteiger partial charge >= 0.3 is 0 Å². The molecule has 3 aliphatic rings. The zero-order chi connectivity index (χ0) is 21.8. The monoisotopic (exact) mass is 457 g/mol. The first kappa shape index (κ1) is 20.8. The number of hydrogen-bond acceptors (Lipinski definition) is 5. The summed E-state index contributed by atoms with van der Waals surface area (Å²) in [6.45, 7) is 7.25. The van der Waals surface area contributed by atoms with Crippen molar-refractivity contribution in [1.82, 2.24) is 4.90 Å².